The number of para-hydroxylation sites is 6. The highest BCUT2D eigenvalue weighted by Crippen LogP contribution is 2.48. The Bertz CT molecular complexity index is 5500. The fourth-order valence-corrected chi connectivity index (χ4v) is 19.5. The number of aryl methyl sites for hydroxylation is 2. The van der Waals surface area contributed by atoms with Crippen LogP contribution in [0, 0.1) is 12.8 Å². The van der Waals surface area contributed by atoms with Gasteiger partial charge in [-0.3, -0.25) is 9.97 Å². The van der Waals surface area contributed by atoms with Crippen LogP contribution in [0.1, 0.15) is 235 Å². The van der Waals surface area contributed by atoms with Crippen molar-refractivity contribution in [3.63, 3.8) is 0 Å². The third-order valence-corrected chi connectivity index (χ3v) is 24.3. The summed E-state index contributed by atoms with van der Waals surface area (Å²) in [5.74, 6) is 5.67. The standard InChI is InChI=1S/C17H19N.C17H16.C16H20N2.C16H19N.C16H15N.C12H16O.C12H14S/c1-12(2)17-13-8-4-6-10-15(13)18(3)16-11-7-5-9-14(16)17;1-12(2)17-15-9-5-3-7-13(15)11-14-8-4-6-10-16(14)17;1-11(2)16-12-6-4-5-7-14(12)17-15-8-9-18(3)10-13(15)16;2*1-11(2)16-12-7-3-5-9-14(12)17-15-10-6-4-8-13(15)16;1-9(2)10-5-3-7-12-11(10)6-4-8-13-12;1-8(2)12-9(3)13-11-7-5-4-6-10(11)12/h4-12,17H,1-3H3;3-12H,1-2H3;4-7,11H,8-10H2,1-3H3;3,5,7,9,11H,4,6,8,10H2,1-2H3;3-11H,1-2H3;3,5,7,9H,4,6,8H2,1-2H3;4-8H,1-3H3. The molecule has 0 radical (unpaired) electrons. The molecule has 113 heavy (non-hydrogen) atoms. The van der Waals surface area contributed by atoms with Crippen molar-refractivity contribution in [3.8, 4) is 5.75 Å². The topological polar surface area (TPSA) is 54.4 Å². The fraction of sp³-hybridized carbons (Fsp3) is 0.330. The summed E-state index contributed by atoms with van der Waals surface area (Å²) in [6.07, 6.45) is 8.44. The number of fused-ring (bicyclic) bond motifs is 12. The zero-order valence-electron chi connectivity index (χ0n) is 70.3. The maximum absolute atomic E-state index is 5.61. The van der Waals surface area contributed by atoms with Gasteiger partial charge < -0.3 is 14.5 Å². The van der Waals surface area contributed by atoms with Gasteiger partial charge in [0.25, 0.3) is 0 Å². The average molecular weight is 1510 g/mol. The Morgan fingerprint density at radius 1 is 0.363 bits per heavy atom. The number of hydrogen-bond acceptors (Lipinski definition) is 7. The summed E-state index contributed by atoms with van der Waals surface area (Å²) in [5.41, 5.74) is 26.1. The summed E-state index contributed by atoms with van der Waals surface area (Å²) in [6, 6.07) is 86.2. The Balaban J connectivity index is 0.000000116. The van der Waals surface area contributed by atoms with Gasteiger partial charge in [-0.05, 0) is 237 Å². The SMILES string of the molecule is CC(C)C1c2ccccc2N(C)c2ccccc21.CC(C)c1c2c(nc3ccccc13)CCCC2.CC(C)c1c2c(nc3ccccc13)CCN(C)C2.CC(C)c1c2ccccc2cc2ccccc12.CC(C)c1c2ccccc2nc2ccccc12.CC(C)c1cccc2c1CCCO2.Cc1sc2ccccc2c1C(C)C. The van der Waals surface area contributed by atoms with E-state index in [4.69, 9.17) is 19.7 Å². The zero-order valence-corrected chi connectivity index (χ0v) is 71.2. The van der Waals surface area contributed by atoms with E-state index in [1.54, 1.807) is 11.1 Å². The molecule has 0 fully saturated rings. The van der Waals surface area contributed by atoms with Crippen molar-refractivity contribution < 1.29 is 4.74 Å². The molecule has 4 aromatic heterocycles. The molecule has 0 saturated carbocycles. The highest BCUT2D eigenvalue weighted by molar-refractivity contribution is 7.19. The Morgan fingerprint density at radius 3 is 1.29 bits per heavy atom. The van der Waals surface area contributed by atoms with Gasteiger partial charge in [0, 0.05) is 86.4 Å². The molecule has 0 bridgehead atoms. The molecule has 0 amide bonds. The van der Waals surface area contributed by atoms with Crippen molar-refractivity contribution >= 4 is 98.0 Å². The molecule has 3 aliphatic heterocycles. The summed E-state index contributed by atoms with van der Waals surface area (Å²) in [7, 11) is 4.36. The quantitative estimate of drug-likeness (QED) is 0.148. The predicted molar refractivity (Wildman–Crippen MR) is 490 cm³/mol. The van der Waals surface area contributed by atoms with Gasteiger partial charge >= 0.3 is 0 Å². The second kappa shape index (κ2) is 36.8. The monoisotopic (exact) mass is 1510 g/mol. The molecule has 7 heterocycles. The van der Waals surface area contributed by atoms with Crippen molar-refractivity contribution in [2.24, 2.45) is 5.92 Å². The molecule has 580 valence electrons. The molecule has 0 spiro atoms. The molecule has 0 atom stereocenters. The molecule has 19 rings (SSSR count). The van der Waals surface area contributed by atoms with Gasteiger partial charge in [0.1, 0.15) is 5.75 Å². The number of ether oxygens (including phenoxy) is 1. The largest absolute Gasteiger partial charge is 0.493 e. The minimum Gasteiger partial charge on any atom is -0.493 e. The number of likely N-dealkylation sites (N-methyl/N-ethyl adjacent to an activating group) is 1. The van der Waals surface area contributed by atoms with E-state index < -0.39 is 0 Å². The van der Waals surface area contributed by atoms with Crippen molar-refractivity contribution in [2.45, 2.75) is 197 Å². The number of thiophene rings is 1. The predicted octanol–water partition coefficient (Wildman–Crippen LogP) is 29.2. The summed E-state index contributed by atoms with van der Waals surface area (Å²) in [5, 5.41) is 12.2. The van der Waals surface area contributed by atoms with E-state index in [9.17, 15) is 0 Å². The summed E-state index contributed by atoms with van der Waals surface area (Å²) in [4.78, 5) is 20.6. The van der Waals surface area contributed by atoms with E-state index in [1.807, 2.05) is 23.5 Å². The molecule has 0 saturated heterocycles. The summed E-state index contributed by atoms with van der Waals surface area (Å²) in [6.45, 7) is 37.1. The maximum Gasteiger partial charge on any atom is 0.122 e. The molecule has 0 unspecified atom stereocenters. The molecule has 6 nitrogen and oxygen atoms in total. The van der Waals surface area contributed by atoms with Gasteiger partial charge in [0.15, 0.2) is 0 Å². The second-order valence-electron chi connectivity index (χ2n) is 33.6. The Kier molecular flexibility index (Phi) is 26.4. The molecule has 4 aliphatic rings. The number of nitrogens with zero attached hydrogens (tertiary/aromatic N) is 5. The minimum atomic E-state index is 0.507. The number of benzene rings is 11. The van der Waals surface area contributed by atoms with Gasteiger partial charge in [0.2, 0.25) is 0 Å². The van der Waals surface area contributed by atoms with Crippen LogP contribution < -0.4 is 9.64 Å². The second-order valence-corrected chi connectivity index (χ2v) is 34.8. The summed E-state index contributed by atoms with van der Waals surface area (Å²) >= 11 is 1.91. The molecule has 11 aromatic carbocycles. The lowest BCUT2D eigenvalue weighted by Crippen LogP contribution is -2.28. The van der Waals surface area contributed by atoms with Gasteiger partial charge in [-0.15, -0.1) is 11.3 Å². The minimum absolute atomic E-state index is 0.507. The highest BCUT2D eigenvalue weighted by atomic mass is 32.1. The van der Waals surface area contributed by atoms with Gasteiger partial charge in [0.05, 0.1) is 28.7 Å². The van der Waals surface area contributed by atoms with E-state index in [0.29, 0.717) is 47.3 Å². The number of pyridine rings is 3. The van der Waals surface area contributed by atoms with Crippen LogP contribution in [0.4, 0.5) is 11.4 Å². The normalized spacial score (nSPS) is 13.7. The smallest absolute Gasteiger partial charge is 0.122 e. The molecule has 7 heteroatoms. The van der Waals surface area contributed by atoms with Gasteiger partial charge in [-0.1, -0.05) is 285 Å². The number of hydrogen-bond donors (Lipinski definition) is 0. The van der Waals surface area contributed by atoms with Gasteiger partial charge in [-0.25, -0.2) is 4.98 Å². The zero-order chi connectivity index (χ0) is 79.6. The molecule has 0 N–H and O–H groups in total. The first-order valence-electron chi connectivity index (χ1n) is 42.0. The van der Waals surface area contributed by atoms with E-state index >= 15 is 0 Å². The average Bonchev–Trinajstić information content (AvgIpc) is 1.10. The Morgan fingerprint density at radius 2 is 0.779 bits per heavy atom. The summed E-state index contributed by atoms with van der Waals surface area (Å²) < 4.78 is 7.03. The third kappa shape index (κ3) is 18.0. The van der Waals surface area contributed by atoms with Crippen LogP contribution in [-0.2, 0) is 32.2 Å². The van der Waals surface area contributed by atoms with Crippen LogP contribution in [0.3, 0.4) is 0 Å². The highest BCUT2D eigenvalue weighted by Gasteiger charge is 2.31. The lowest BCUT2D eigenvalue weighted by molar-refractivity contribution is 0.287. The first kappa shape index (κ1) is 81.0. The first-order chi connectivity index (χ1) is 54.7. The van der Waals surface area contributed by atoms with Crippen LogP contribution >= 0.6 is 11.3 Å². The van der Waals surface area contributed by atoms with Crippen molar-refractivity contribution in [1.29, 1.82) is 0 Å². The van der Waals surface area contributed by atoms with Crippen molar-refractivity contribution in [1.82, 2.24) is 19.9 Å². The number of aromatic nitrogens is 3. The Labute approximate surface area is 678 Å². The molecular formula is C106H119N5OS. The third-order valence-electron chi connectivity index (χ3n) is 23.2. The van der Waals surface area contributed by atoms with Crippen LogP contribution in [-0.4, -0.2) is 47.1 Å². The van der Waals surface area contributed by atoms with Crippen LogP contribution in [0.25, 0.3) is 75.2 Å². The fourth-order valence-electron chi connectivity index (χ4n) is 18.2. The van der Waals surface area contributed by atoms with Crippen LogP contribution in [0.2, 0.25) is 0 Å². The molecule has 1 aliphatic carbocycles. The number of anilines is 2. The van der Waals surface area contributed by atoms with Crippen molar-refractivity contribution in [3.05, 3.63) is 320 Å². The first-order valence-corrected chi connectivity index (χ1v) is 42.8. The lowest BCUT2D eigenvalue weighted by Gasteiger charge is -2.37. The van der Waals surface area contributed by atoms with E-state index in [2.05, 4.69) is 358 Å². The number of rotatable bonds is 7. The molecular weight excluding hydrogens is 1390 g/mol. The van der Waals surface area contributed by atoms with Gasteiger partial charge in [-0.2, -0.15) is 0 Å². The van der Waals surface area contributed by atoms with Crippen LogP contribution in [0.5, 0.6) is 5.75 Å². The van der Waals surface area contributed by atoms with Crippen LogP contribution in [0.15, 0.2) is 243 Å². The molecule has 15 aromatic rings. The maximum atomic E-state index is 5.61. The van der Waals surface area contributed by atoms with E-state index in [-0.39, 0.29) is 0 Å². The van der Waals surface area contributed by atoms with E-state index in [1.165, 1.54) is 169 Å². The van der Waals surface area contributed by atoms with Crippen molar-refractivity contribution in [2.75, 3.05) is 32.1 Å². The van der Waals surface area contributed by atoms with E-state index in [0.717, 1.165) is 54.8 Å². The lowest BCUT2D eigenvalue weighted by atomic mass is 9.78. The Hall–Kier alpha value is -10.1.